The SMILES string of the molecule is Cc1ccc(C(C)NC(=O)C2(CN)CC2)cc1. The van der Waals surface area contributed by atoms with E-state index in [1.165, 1.54) is 5.56 Å². The number of hydrogen-bond donors (Lipinski definition) is 2. The lowest BCUT2D eigenvalue weighted by Gasteiger charge is -2.18. The van der Waals surface area contributed by atoms with Crippen LogP contribution in [0.15, 0.2) is 24.3 Å². The van der Waals surface area contributed by atoms with Crippen LogP contribution in [0.4, 0.5) is 0 Å². The number of carbonyl (C=O) groups is 1. The van der Waals surface area contributed by atoms with Crippen molar-refractivity contribution in [2.24, 2.45) is 11.1 Å². The average Bonchev–Trinajstić information content (AvgIpc) is 3.10. The molecule has 0 aromatic heterocycles. The van der Waals surface area contributed by atoms with Crippen LogP contribution < -0.4 is 11.1 Å². The van der Waals surface area contributed by atoms with Crippen molar-refractivity contribution in [2.75, 3.05) is 6.54 Å². The van der Waals surface area contributed by atoms with Crippen molar-refractivity contribution < 1.29 is 4.79 Å². The standard InChI is InChI=1S/C14H20N2O/c1-10-3-5-12(6-4-10)11(2)16-13(17)14(9-15)7-8-14/h3-6,11H,7-9,15H2,1-2H3,(H,16,17). The molecule has 0 aliphatic heterocycles. The van der Waals surface area contributed by atoms with E-state index in [1.807, 2.05) is 6.92 Å². The van der Waals surface area contributed by atoms with Gasteiger partial charge >= 0.3 is 0 Å². The van der Waals surface area contributed by atoms with Gasteiger partial charge < -0.3 is 11.1 Å². The maximum atomic E-state index is 12.0. The van der Waals surface area contributed by atoms with Crippen LogP contribution >= 0.6 is 0 Å². The van der Waals surface area contributed by atoms with E-state index < -0.39 is 0 Å². The van der Waals surface area contributed by atoms with Crippen LogP contribution in [0.1, 0.15) is 36.9 Å². The molecule has 1 aromatic carbocycles. The first-order valence-corrected chi connectivity index (χ1v) is 6.15. The Kier molecular flexibility index (Phi) is 3.20. The molecular formula is C14H20N2O. The average molecular weight is 232 g/mol. The summed E-state index contributed by atoms with van der Waals surface area (Å²) in [5.41, 5.74) is 7.74. The maximum absolute atomic E-state index is 12.0. The van der Waals surface area contributed by atoms with Gasteiger partial charge in [-0.15, -0.1) is 0 Å². The van der Waals surface area contributed by atoms with Crippen LogP contribution in [0.5, 0.6) is 0 Å². The van der Waals surface area contributed by atoms with Crippen molar-refractivity contribution in [3.63, 3.8) is 0 Å². The van der Waals surface area contributed by atoms with E-state index in [2.05, 4.69) is 36.5 Å². The molecule has 0 saturated heterocycles. The Morgan fingerprint density at radius 3 is 2.47 bits per heavy atom. The number of carbonyl (C=O) groups excluding carboxylic acids is 1. The number of aryl methyl sites for hydroxylation is 1. The highest BCUT2D eigenvalue weighted by Crippen LogP contribution is 2.45. The molecule has 1 aliphatic rings. The fraction of sp³-hybridized carbons (Fsp3) is 0.500. The number of nitrogens with two attached hydrogens (primary N) is 1. The highest BCUT2D eigenvalue weighted by molar-refractivity contribution is 5.85. The predicted octanol–water partition coefficient (Wildman–Crippen LogP) is 1.91. The molecule has 3 nitrogen and oxygen atoms in total. The summed E-state index contributed by atoms with van der Waals surface area (Å²) in [5, 5.41) is 3.05. The Morgan fingerprint density at radius 1 is 1.41 bits per heavy atom. The normalized spacial score (nSPS) is 18.5. The number of amides is 1. The Hall–Kier alpha value is -1.35. The van der Waals surface area contributed by atoms with E-state index in [0.717, 1.165) is 18.4 Å². The molecular weight excluding hydrogens is 212 g/mol. The van der Waals surface area contributed by atoms with Crippen molar-refractivity contribution >= 4 is 5.91 Å². The number of rotatable bonds is 4. The van der Waals surface area contributed by atoms with E-state index in [-0.39, 0.29) is 17.4 Å². The van der Waals surface area contributed by atoms with Gasteiger partial charge in [-0.05, 0) is 32.3 Å². The Morgan fingerprint density at radius 2 is 2.00 bits per heavy atom. The number of nitrogens with one attached hydrogen (secondary N) is 1. The second-order valence-corrected chi connectivity index (χ2v) is 5.09. The highest BCUT2D eigenvalue weighted by Gasteiger charge is 2.48. The second kappa shape index (κ2) is 4.49. The highest BCUT2D eigenvalue weighted by atomic mass is 16.2. The van der Waals surface area contributed by atoms with Crippen LogP contribution in [0.25, 0.3) is 0 Å². The zero-order valence-corrected chi connectivity index (χ0v) is 10.5. The molecule has 1 fully saturated rings. The van der Waals surface area contributed by atoms with Crippen LogP contribution in [0, 0.1) is 12.3 Å². The van der Waals surface area contributed by atoms with Gasteiger partial charge in [0.25, 0.3) is 0 Å². The van der Waals surface area contributed by atoms with E-state index in [1.54, 1.807) is 0 Å². The monoisotopic (exact) mass is 232 g/mol. The third-order valence-electron chi connectivity index (χ3n) is 3.65. The number of benzene rings is 1. The van der Waals surface area contributed by atoms with Gasteiger partial charge in [0.1, 0.15) is 0 Å². The minimum atomic E-state index is -0.265. The fourth-order valence-corrected chi connectivity index (χ4v) is 1.96. The molecule has 0 heterocycles. The second-order valence-electron chi connectivity index (χ2n) is 5.09. The van der Waals surface area contributed by atoms with Crippen molar-refractivity contribution in [1.29, 1.82) is 0 Å². The molecule has 92 valence electrons. The predicted molar refractivity (Wildman–Crippen MR) is 68.5 cm³/mol. The van der Waals surface area contributed by atoms with Gasteiger partial charge in [-0.3, -0.25) is 4.79 Å². The Balaban J connectivity index is 1.99. The van der Waals surface area contributed by atoms with Crippen LogP contribution in [0.2, 0.25) is 0 Å². The lowest BCUT2D eigenvalue weighted by atomic mass is 10.0. The van der Waals surface area contributed by atoms with Crippen LogP contribution in [-0.2, 0) is 4.79 Å². The Labute approximate surface area is 102 Å². The first kappa shape index (κ1) is 12.1. The molecule has 1 unspecified atom stereocenters. The van der Waals surface area contributed by atoms with Gasteiger partial charge in [0, 0.05) is 6.54 Å². The number of hydrogen-bond acceptors (Lipinski definition) is 2. The molecule has 17 heavy (non-hydrogen) atoms. The molecule has 1 atom stereocenters. The summed E-state index contributed by atoms with van der Waals surface area (Å²) < 4.78 is 0. The molecule has 3 N–H and O–H groups in total. The largest absolute Gasteiger partial charge is 0.349 e. The lowest BCUT2D eigenvalue weighted by Crippen LogP contribution is -2.37. The molecule has 0 radical (unpaired) electrons. The molecule has 1 amide bonds. The fourth-order valence-electron chi connectivity index (χ4n) is 1.96. The quantitative estimate of drug-likeness (QED) is 0.833. The molecule has 2 rings (SSSR count). The van der Waals surface area contributed by atoms with Gasteiger partial charge in [-0.25, -0.2) is 0 Å². The third kappa shape index (κ3) is 2.50. The summed E-state index contributed by atoms with van der Waals surface area (Å²) in [6.07, 6.45) is 1.85. The van der Waals surface area contributed by atoms with Crippen molar-refractivity contribution in [3.8, 4) is 0 Å². The van der Waals surface area contributed by atoms with Gasteiger partial charge in [0.2, 0.25) is 5.91 Å². The third-order valence-corrected chi connectivity index (χ3v) is 3.65. The van der Waals surface area contributed by atoms with E-state index in [9.17, 15) is 4.79 Å². The summed E-state index contributed by atoms with van der Waals surface area (Å²) in [6.45, 7) is 4.52. The van der Waals surface area contributed by atoms with Gasteiger partial charge in [0.05, 0.1) is 11.5 Å². The van der Waals surface area contributed by atoms with E-state index in [4.69, 9.17) is 5.73 Å². The zero-order valence-electron chi connectivity index (χ0n) is 10.5. The van der Waals surface area contributed by atoms with Crippen LogP contribution in [0.3, 0.4) is 0 Å². The summed E-state index contributed by atoms with van der Waals surface area (Å²) in [4.78, 5) is 12.0. The lowest BCUT2D eigenvalue weighted by molar-refractivity contribution is -0.126. The molecule has 1 aromatic rings. The zero-order chi connectivity index (χ0) is 12.5. The maximum Gasteiger partial charge on any atom is 0.227 e. The summed E-state index contributed by atoms with van der Waals surface area (Å²) in [5.74, 6) is 0.105. The summed E-state index contributed by atoms with van der Waals surface area (Å²) in [7, 11) is 0. The van der Waals surface area contributed by atoms with E-state index in [0.29, 0.717) is 6.54 Å². The van der Waals surface area contributed by atoms with Crippen molar-refractivity contribution in [3.05, 3.63) is 35.4 Å². The van der Waals surface area contributed by atoms with Crippen molar-refractivity contribution in [2.45, 2.75) is 32.7 Å². The molecule has 1 saturated carbocycles. The molecule has 3 heteroatoms. The summed E-state index contributed by atoms with van der Waals surface area (Å²) >= 11 is 0. The van der Waals surface area contributed by atoms with E-state index >= 15 is 0 Å². The van der Waals surface area contributed by atoms with Gasteiger partial charge in [-0.1, -0.05) is 29.8 Å². The minimum absolute atomic E-state index is 0.0483. The van der Waals surface area contributed by atoms with Crippen molar-refractivity contribution in [1.82, 2.24) is 5.32 Å². The summed E-state index contributed by atoms with van der Waals surface area (Å²) in [6, 6.07) is 8.29. The first-order valence-electron chi connectivity index (χ1n) is 6.15. The van der Waals surface area contributed by atoms with Crippen LogP contribution in [-0.4, -0.2) is 12.5 Å². The topological polar surface area (TPSA) is 55.1 Å². The minimum Gasteiger partial charge on any atom is -0.349 e. The molecule has 1 aliphatic carbocycles. The molecule has 0 spiro atoms. The van der Waals surface area contributed by atoms with Gasteiger partial charge in [-0.2, -0.15) is 0 Å². The molecule has 0 bridgehead atoms. The first-order chi connectivity index (χ1) is 8.07. The Bertz CT molecular complexity index is 407. The van der Waals surface area contributed by atoms with Gasteiger partial charge in [0.15, 0.2) is 0 Å². The smallest absolute Gasteiger partial charge is 0.227 e.